The van der Waals surface area contributed by atoms with Crippen LogP contribution in [-0.2, 0) is 16.0 Å². The predicted octanol–water partition coefficient (Wildman–Crippen LogP) is 4.06. The van der Waals surface area contributed by atoms with E-state index in [1.807, 2.05) is 83.1 Å². The first-order valence-corrected chi connectivity index (χ1v) is 10.7. The number of ether oxygens (including phenoxy) is 1. The van der Waals surface area contributed by atoms with Crippen LogP contribution < -0.4 is 10.1 Å². The van der Waals surface area contributed by atoms with Crippen LogP contribution in [-0.4, -0.2) is 41.9 Å². The fourth-order valence-electron chi connectivity index (χ4n) is 3.46. The molecule has 2 rings (SSSR count). The van der Waals surface area contributed by atoms with E-state index < -0.39 is 6.04 Å². The number of benzene rings is 2. The van der Waals surface area contributed by atoms with Gasteiger partial charge in [0.1, 0.15) is 11.8 Å². The van der Waals surface area contributed by atoms with Crippen molar-refractivity contribution in [2.24, 2.45) is 0 Å². The van der Waals surface area contributed by atoms with E-state index in [0.29, 0.717) is 25.1 Å². The van der Waals surface area contributed by atoms with Crippen molar-refractivity contribution in [3.63, 3.8) is 0 Å². The van der Waals surface area contributed by atoms with Crippen LogP contribution >= 0.6 is 0 Å². The monoisotopic (exact) mass is 410 g/mol. The SMILES string of the molecule is CC[C@@H](C(=O)NC(C)C)N(CCc1ccccc1)C(=O)COc1ccc(C)cc1C. The van der Waals surface area contributed by atoms with E-state index in [1.54, 1.807) is 4.90 Å². The minimum Gasteiger partial charge on any atom is -0.483 e. The van der Waals surface area contributed by atoms with Gasteiger partial charge in [0, 0.05) is 12.6 Å². The number of hydrogen-bond acceptors (Lipinski definition) is 3. The molecule has 0 fully saturated rings. The third-order valence-electron chi connectivity index (χ3n) is 4.98. The number of rotatable bonds is 10. The van der Waals surface area contributed by atoms with Crippen molar-refractivity contribution >= 4 is 11.8 Å². The molecule has 0 saturated heterocycles. The van der Waals surface area contributed by atoms with Crippen LogP contribution in [0.5, 0.6) is 5.75 Å². The van der Waals surface area contributed by atoms with Gasteiger partial charge in [-0.15, -0.1) is 0 Å². The van der Waals surface area contributed by atoms with Gasteiger partial charge in [-0.1, -0.05) is 55.0 Å². The van der Waals surface area contributed by atoms with Gasteiger partial charge in [-0.25, -0.2) is 0 Å². The zero-order valence-corrected chi connectivity index (χ0v) is 18.8. The molecule has 2 amide bonds. The Morgan fingerprint density at radius 3 is 2.37 bits per heavy atom. The second-order valence-corrected chi connectivity index (χ2v) is 7.97. The molecule has 2 aromatic rings. The average molecular weight is 411 g/mol. The van der Waals surface area contributed by atoms with Crippen molar-refractivity contribution in [3.05, 3.63) is 65.2 Å². The average Bonchev–Trinajstić information content (AvgIpc) is 2.70. The maximum Gasteiger partial charge on any atom is 0.261 e. The summed E-state index contributed by atoms with van der Waals surface area (Å²) in [6, 6.07) is 15.4. The fourth-order valence-corrected chi connectivity index (χ4v) is 3.46. The molecule has 5 heteroatoms. The van der Waals surface area contributed by atoms with E-state index in [4.69, 9.17) is 4.74 Å². The van der Waals surface area contributed by atoms with Gasteiger partial charge in [-0.05, 0) is 57.7 Å². The highest BCUT2D eigenvalue weighted by molar-refractivity contribution is 5.88. The summed E-state index contributed by atoms with van der Waals surface area (Å²) in [5.41, 5.74) is 3.26. The van der Waals surface area contributed by atoms with Crippen LogP contribution in [0.2, 0.25) is 0 Å². The van der Waals surface area contributed by atoms with Gasteiger partial charge in [-0.3, -0.25) is 9.59 Å². The summed E-state index contributed by atoms with van der Waals surface area (Å²) >= 11 is 0. The van der Waals surface area contributed by atoms with Crippen LogP contribution in [0.15, 0.2) is 48.5 Å². The largest absolute Gasteiger partial charge is 0.483 e. The van der Waals surface area contributed by atoms with Crippen molar-refractivity contribution in [1.29, 1.82) is 0 Å². The van der Waals surface area contributed by atoms with Gasteiger partial charge in [-0.2, -0.15) is 0 Å². The highest BCUT2D eigenvalue weighted by Crippen LogP contribution is 2.19. The summed E-state index contributed by atoms with van der Waals surface area (Å²) in [4.78, 5) is 27.6. The minimum atomic E-state index is -0.522. The smallest absolute Gasteiger partial charge is 0.261 e. The zero-order valence-electron chi connectivity index (χ0n) is 18.8. The van der Waals surface area contributed by atoms with Crippen molar-refractivity contribution in [2.75, 3.05) is 13.2 Å². The van der Waals surface area contributed by atoms with Crippen LogP contribution in [0.4, 0.5) is 0 Å². The van der Waals surface area contributed by atoms with E-state index in [1.165, 1.54) is 0 Å². The van der Waals surface area contributed by atoms with Crippen LogP contribution in [0.3, 0.4) is 0 Å². The molecule has 0 aliphatic heterocycles. The van der Waals surface area contributed by atoms with Crippen LogP contribution in [0.1, 0.15) is 43.9 Å². The summed E-state index contributed by atoms with van der Waals surface area (Å²) in [6.07, 6.45) is 1.23. The first-order chi connectivity index (χ1) is 14.3. The molecule has 0 aliphatic carbocycles. The normalized spacial score (nSPS) is 11.8. The first-order valence-electron chi connectivity index (χ1n) is 10.7. The summed E-state index contributed by atoms with van der Waals surface area (Å²) in [6.45, 7) is 10.1. The number of nitrogens with zero attached hydrogens (tertiary/aromatic N) is 1. The van der Waals surface area contributed by atoms with E-state index in [2.05, 4.69) is 5.32 Å². The van der Waals surface area contributed by atoms with Crippen molar-refractivity contribution in [3.8, 4) is 5.75 Å². The number of nitrogens with one attached hydrogen (secondary N) is 1. The first kappa shape index (κ1) is 23.5. The summed E-state index contributed by atoms with van der Waals surface area (Å²) in [7, 11) is 0. The third kappa shape index (κ3) is 6.90. The predicted molar refractivity (Wildman–Crippen MR) is 121 cm³/mol. The molecule has 5 nitrogen and oxygen atoms in total. The molecular weight excluding hydrogens is 376 g/mol. The van der Waals surface area contributed by atoms with Gasteiger partial charge < -0.3 is 15.0 Å². The maximum absolute atomic E-state index is 13.1. The Balaban J connectivity index is 2.14. The van der Waals surface area contributed by atoms with E-state index >= 15 is 0 Å². The van der Waals surface area contributed by atoms with Gasteiger partial charge in [0.15, 0.2) is 6.61 Å². The molecule has 0 unspecified atom stereocenters. The number of hydrogen-bond donors (Lipinski definition) is 1. The molecule has 0 aliphatic rings. The van der Waals surface area contributed by atoms with Crippen molar-refractivity contribution in [1.82, 2.24) is 10.2 Å². The lowest BCUT2D eigenvalue weighted by molar-refractivity contribution is -0.142. The van der Waals surface area contributed by atoms with Crippen molar-refractivity contribution in [2.45, 2.75) is 59.5 Å². The maximum atomic E-state index is 13.1. The summed E-state index contributed by atoms with van der Waals surface area (Å²) in [5, 5.41) is 2.94. The Morgan fingerprint density at radius 1 is 1.07 bits per heavy atom. The van der Waals surface area contributed by atoms with Gasteiger partial charge in [0.2, 0.25) is 5.91 Å². The molecular formula is C25H34N2O3. The molecule has 1 atom stereocenters. The Morgan fingerprint density at radius 2 is 1.77 bits per heavy atom. The van der Waals surface area contributed by atoms with E-state index in [0.717, 1.165) is 16.7 Å². The zero-order chi connectivity index (χ0) is 22.1. The summed E-state index contributed by atoms with van der Waals surface area (Å²) in [5.74, 6) is 0.383. The van der Waals surface area contributed by atoms with Crippen molar-refractivity contribution < 1.29 is 14.3 Å². The third-order valence-corrected chi connectivity index (χ3v) is 4.98. The molecule has 1 N–H and O–H groups in total. The Kier molecular flexibility index (Phi) is 8.90. The Bertz CT molecular complexity index is 834. The minimum absolute atomic E-state index is 0.0177. The lowest BCUT2D eigenvalue weighted by Crippen LogP contribution is -2.52. The highest BCUT2D eigenvalue weighted by atomic mass is 16.5. The van der Waals surface area contributed by atoms with Gasteiger partial charge >= 0.3 is 0 Å². The molecule has 0 heterocycles. The van der Waals surface area contributed by atoms with E-state index in [-0.39, 0.29) is 24.5 Å². The number of amides is 2. The van der Waals surface area contributed by atoms with Crippen LogP contribution in [0, 0.1) is 13.8 Å². The second-order valence-electron chi connectivity index (χ2n) is 7.97. The fraction of sp³-hybridized carbons (Fsp3) is 0.440. The van der Waals surface area contributed by atoms with Gasteiger partial charge in [0.05, 0.1) is 0 Å². The lowest BCUT2D eigenvalue weighted by atomic mass is 10.1. The number of carbonyl (C=O) groups is 2. The molecule has 162 valence electrons. The summed E-state index contributed by atoms with van der Waals surface area (Å²) < 4.78 is 5.82. The standard InChI is InChI=1S/C25H34N2O3/c1-6-22(25(29)26-18(2)3)27(15-14-21-10-8-7-9-11-21)24(28)17-30-23-13-12-19(4)16-20(23)5/h7-13,16,18,22H,6,14-15,17H2,1-5H3,(H,26,29)/t22-/m0/s1. The Labute approximate surface area is 180 Å². The van der Waals surface area contributed by atoms with Crippen LogP contribution in [0.25, 0.3) is 0 Å². The molecule has 0 saturated carbocycles. The van der Waals surface area contributed by atoms with E-state index in [9.17, 15) is 9.59 Å². The second kappa shape index (κ2) is 11.4. The number of carbonyl (C=O) groups excluding carboxylic acids is 2. The topological polar surface area (TPSA) is 58.6 Å². The highest BCUT2D eigenvalue weighted by Gasteiger charge is 2.28. The molecule has 0 aromatic heterocycles. The molecule has 0 spiro atoms. The molecule has 0 bridgehead atoms. The lowest BCUT2D eigenvalue weighted by Gasteiger charge is -2.31. The number of aryl methyl sites for hydroxylation is 2. The molecule has 2 aromatic carbocycles. The molecule has 30 heavy (non-hydrogen) atoms. The Hall–Kier alpha value is -2.82. The quantitative estimate of drug-likeness (QED) is 0.643. The van der Waals surface area contributed by atoms with Gasteiger partial charge in [0.25, 0.3) is 5.91 Å². The molecule has 0 radical (unpaired) electrons.